The summed E-state index contributed by atoms with van der Waals surface area (Å²) in [5.41, 5.74) is 1.21. The summed E-state index contributed by atoms with van der Waals surface area (Å²) in [6, 6.07) is 7.06. The van der Waals surface area contributed by atoms with E-state index >= 15 is 0 Å². The molecule has 0 fully saturated rings. The van der Waals surface area contributed by atoms with Gasteiger partial charge >= 0.3 is 5.69 Å². The SMILES string of the molecule is COc1ccc2c(c1)CCCN2CC(=O)Nc1cc(=O)n(C)c(=O)n1C. The van der Waals surface area contributed by atoms with Crippen LogP contribution in [0.25, 0.3) is 0 Å². The minimum atomic E-state index is -0.483. The van der Waals surface area contributed by atoms with Crippen molar-refractivity contribution in [2.24, 2.45) is 14.1 Å². The molecule has 1 amide bonds. The smallest absolute Gasteiger partial charge is 0.332 e. The van der Waals surface area contributed by atoms with Crippen molar-refractivity contribution in [1.29, 1.82) is 0 Å². The molecule has 0 unspecified atom stereocenters. The zero-order chi connectivity index (χ0) is 18.8. The predicted molar refractivity (Wildman–Crippen MR) is 99.1 cm³/mol. The molecule has 138 valence electrons. The Hall–Kier alpha value is -3.03. The topological polar surface area (TPSA) is 85.6 Å². The van der Waals surface area contributed by atoms with E-state index in [0.717, 1.165) is 41.0 Å². The highest BCUT2D eigenvalue weighted by molar-refractivity contribution is 5.93. The van der Waals surface area contributed by atoms with Crippen molar-refractivity contribution in [1.82, 2.24) is 9.13 Å². The number of anilines is 2. The minimum absolute atomic E-state index is 0.142. The molecular weight excluding hydrogens is 336 g/mol. The molecule has 2 heterocycles. The fourth-order valence-electron chi connectivity index (χ4n) is 3.15. The quantitative estimate of drug-likeness (QED) is 0.859. The maximum atomic E-state index is 12.5. The molecule has 1 aromatic carbocycles. The molecule has 1 N–H and O–H groups in total. The van der Waals surface area contributed by atoms with Crippen LogP contribution in [0.4, 0.5) is 11.5 Å². The Labute approximate surface area is 150 Å². The van der Waals surface area contributed by atoms with Crippen LogP contribution in [0, 0.1) is 0 Å². The molecule has 8 nitrogen and oxygen atoms in total. The first-order chi connectivity index (χ1) is 12.4. The van der Waals surface area contributed by atoms with E-state index in [1.807, 2.05) is 23.1 Å². The maximum Gasteiger partial charge on any atom is 0.332 e. The van der Waals surface area contributed by atoms with Gasteiger partial charge < -0.3 is 15.0 Å². The van der Waals surface area contributed by atoms with Gasteiger partial charge in [-0.25, -0.2) is 4.79 Å². The van der Waals surface area contributed by atoms with Gasteiger partial charge in [0.15, 0.2) is 0 Å². The fraction of sp³-hybridized carbons (Fsp3) is 0.389. The molecule has 1 aromatic heterocycles. The highest BCUT2D eigenvalue weighted by Gasteiger charge is 2.20. The largest absolute Gasteiger partial charge is 0.497 e. The zero-order valence-corrected chi connectivity index (χ0v) is 15.1. The molecular formula is C18H22N4O4. The number of hydrogen-bond donors (Lipinski definition) is 1. The summed E-state index contributed by atoms with van der Waals surface area (Å²) < 4.78 is 7.49. The second-order valence-electron chi connectivity index (χ2n) is 6.34. The lowest BCUT2D eigenvalue weighted by atomic mass is 10.0. The molecule has 8 heteroatoms. The van der Waals surface area contributed by atoms with Crippen molar-refractivity contribution < 1.29 is 9.53 Å². The van der Waals surface area contributed by atoms with Gasteiger partial charge in [-0.2, -0.15) is 0 Å². The highest BCUT2D eigenvalue weighted by Crippen LogP contribution is 2.30. The number of methoxy groups -OCH3 is 1. The number of aromatic nitrogens is 2. The first-order valence-electron chi connectivity index (χ1n) is 8.39. The first-order valence-corrected chi connectivity index (χ1v) is 8.39. The summed E-state index contributed by atoms with van der Waals surface area (Å²) in [6.07, 6.45) is 1.88. The Morgan fingerprint density at radius 3 is 2.69 bits per heavy atom. The number of nitrogens with one attached hydrogen (secondary N) is 1. The van der Waals surface area contributed by atoms with E-state index in [9.17, 15) is 14.4 Å². The molecule has 0 bridgehead atoms. The molecule has 2 aromatic rings. The monoisotopic (exact) mass is 358 g/mol. The third-order valence-corrected chi connectivity index (χ3v) is 4.63. The summed E-state index contributed by atoms with van der Waals surface area (Å²) in [5, 5.41) is 2.66. The van der Waals surface area contributed by atoms with Gasteiger partial charge in [-0.1, -0.05) is 0 Å². The van der Waals surface area contributed by atoms with Crippen molar-refractivity contribution in [2.75, 3.05) is 30.4 Å². The van der Waals surface area contributed by atoms with E-state index in [0.29, 0.717) is 0 Å². The van der Waals surface area contributed by atoms with Crippen molar-refractivity contribution >= 4 is 17.4 Å². The Bertz CT molecular complexity index is 961. The van der Waals surface area contributed by atoms with E-state index in [1.165, 1.54) is 24.7 Å². The lowest BCUT2D eigenvalue weighted by Crippen LogP contribution is -2.40. The lowest BCUT2D eigenvalue weighted by molar-refractivity contribution is -0.115. The third kappa shape index (κ3) is 3.35. The van der Waals surface area contributed by atoms with Gasteiger partial charge in [-0.3, -0.25) is 18.7 Å². The number of nitrogens with zero attached hydrogens (tertiary/aromatic N) is 3. The van der Waals surface area contributed by atoms with Gasteiger partial charge in [0.05, 0.1) is 13.7 Å². The van der Waals surface area contributed by atoms with Crippen LogP contribution in [-0.2, 0) is 25.3 Å². The minimum Gasteiger partial charge on any atom is -0.497 e. The van der Waals surface area contributed by atoms with Crippen LogP contribution < -0.4 is 26.2 Å². The molecule has 0 saturated heterocycles. The molecule has 0 atom stereocenters. The summed E-state index contributed by atoms with van der Waals surface area (Å²) >= 11 is 0. The molecule has 0 aliphatic carbocycles. The number of amides is 1. The second kappa shape index (κ2) is 7.07. The van der Waals surface area contributed by atoms with E-state index in [-0.39, 0.29) is 18.3 Å². The van der Waals surface area contributed by atoms with E-state index in [1.54, 1.807) is 7.11 Å². The average molecular weight is 358 g/mol. The standard InChI is InChI=1S/C18H22N4O4/c1-20-15(10-17(24)21(2)18(20)25)19-16(23)11-22-8-4-5-12-9-13(26-3)6-7-14(12)22/h6-7,9-10H,4-5,8,11H2,1-3H3,(H,19,23). The number of benzene rings is 1. The van der Waals surface area contributed by atoms with Gasteiger partial charge in [0.1, 0.15) is 11.6 Å². The molecule has 3 rings (SSSR count). The van der Waals surface area contributed by atoms with Crippen molar-refractivity contribution in [3.63, 3.8) is 0 Å². The highest BCUT2D eigenvalue weighted by atomic mass is 16.5. The van der Waals surface area contributed by atoms with Gasteiger partial charge in [0.2, 0.25) is 5.91 Å². The van der Waals surface area contributed by atoms with Crippen LogP contribution in [0.3, 0.4) is 0 Å². The Kier molecular flexibility index (Phi) is 4.83. The van der Waals surface area contributed by atoms with Crippen molar-refractivity contribution in [3.8, 4) is 5.75 Å². The summed E-state index contributed by atoms with van der Waals surface area (Å²) in [4.78, 5) is 38.2. The van der Waals surface area contributed by atoms with Crippen LogP contribution in [0.1, 0.15) is 12.0 Å². The van der Waals surface area contributed by atoms with Crippen molar-refractivity contribution in [3.05, 3.63) is 50.7 Å². The third-order valence-electron chi connectivity index (χ3n) is 4.63. The Morgan fingerprint density at radius 2 is 1.96 bits per heavy atom. The van der Waals surface area contributed by atoms with Crippen LogP contribution in [0.5, 0.6) is 5.75 Å². The molecule has 0 saturated carbocycles. The number of hydrogen-bond acceptors (Lipinski definition) is 5. The maximum absolute atomic E-state index is 12.5. The number of fused-ring (bicyclic) bond motifs is 1. The number of rotatable bonds is 4. The normalized spacial score (nSPS) is 13.3. The average Bonchev–Trinajstić information content (AvgIpc) is 2.64. The van der Waals surface area contributed by atoms with E-state index in [2.05, 4.69) is 5.32 Å². The summed E-state index contributed by atoms with van der Waals surface area (Å²) in [6.45, 7) is 0.908. The summed E-state index contributed by atoms with van der Waals surface area (Å²) in [5.74, 6) is 0.706. The Morgan fingerprint density at radius 1 is 1.19 bits per heavy atom. The number of ether oxygens (including phenoxy) is 1. The van der Waals surface area contributed by atoms with Crippen molar-refractivity contribution in [2.45, 2.75) is 12.8 Å². The van der Waals surface area contributed by atoms with Gasteiger partial charge in [0.25, 0.3) is 5.56 Å². The van der Waals surface area contributed by atoms with Crippen LogP contribution >= 0.6 is 0 Å². The molecule has 0 spiro atoms. The van der Waals surface area contributed by atoms with Gasteiger partial charge in [-0.05, 0) is 36.6 Å². The zero-order valence-electron chi connectivity index (χ0n) is 15.1. The van der Waals surface area contributed by atoms with Gasteiger partial charge in [0, 0.05) is 32.4 Å². The number of carbonyl (C=O) groups excluding carboxylic acids is 1. The van der Waals surface area contributed by atoms with E-state index in [4.69, 9.17) is 4.74 Å². The summed E-state index contributed by atoms with van der Waals surface area (Å²) in [7, 11) is 4.54. The number of aryl methyl sites for hydroxylation is 1. The Balaban J connectivity index is 1.78. The number of carbonyl (C=O) groups is 1. The predicted octanol–water partition coefficient (Wildman–Crippen LogP) is 0.484. The molecule has 1 aliphatic rings. The fourth-order valence-corrected chi connectivity index (χ4v) is 3.15. The van der Waals surface area contributed by atoms with Crippen LogP contribution in [0.15, 0.2) is 33.9 Å². The first kappa shape index (κ1) is 17.8. The molecule has 1 aliphatic heterocycles. The van der Waals surface area contributed by atoms with Crippen LogP contribution in [0.2, 0.25) is 0 Å². The molecule has 26 heavy (non-hydrogen) atoms. The van der Waals surface area contributed by atoms with E-state index < -0.39 is 11.2 Å². The molecule has 0 radical (unpaired) electrons. The second-order valence-corrected chi connectivity index (χ2v) is 6.34. The van der Waals surface area contributed by atoms with Gasteiger partial charge in [-0.15, -0.1) is 0 Å². The van der Waals surface area contributed by atoms with Crippen LogP contribution in [-0.4, -0.2) is 35.2 Å². The lowest BCUT2D eigenvalue weighted by Gasteiger charge is -2.31.